The number of carbonyl (C=O) groups is 1. The Bertz CT molecular complexity index is 126. The second-order valence-electron chi connectivity index (χ2n) is 1.52. The van der Waals surface area contributed by atoms with Gasteiger partial charge in [0, 0.05) is 0 Å². The van der Waals surface area contributed by atoms with Crippen molar-refractivity contribution in [3.8, 4) is 0 Å². The zero-order chi connectivity index (χ0) is 9.65. The molecule has 0 aliphatic heterocycles. The summed E-state index contributed by atoms with van der Waals surface area (Å²) in [5.74, 6) is -1.00. The minimum atomic E-state index is -2.42. The van der Waals surface area contributed by atoms with Crippen LogP contribution in [-0.2, 0) is 4.79 Å². The van der Waals surface area contributed by atoms with E-state index in [0.717, 1.165) is 0 Å². The summed E-state index contributed by atoms with van der Waals surface area (Å²) in [7, 11) is -2.42. The predicted molar refractivity (Wildman–Crippen MR) is 46.1 cm³/mol. The van der Waals surface area contributed by atoms with Gasteiger partial charge >= 0.3 is 32.2 Å². The second kappa shape index (κ2) is 8.62. The summed E-state index contributed by atoms with van der Waals surface area (Å²) in [6, 6.07) is 0. The molecule has 0 bridgehead atoms. The van der Waals surface area contributed by atoms with E-state index in [1.165, 1.54) is 6.92 Å². The molecule has 0 aromatic heterocycles. The Kier molecular flexibility index (Phi) is 13.5. The number of hydrogen-bond acceptors (Lipinski definition) is 4. The van der Waals surface area contributed by atoms with Crippen molar-refractivity contribution in [1.82, 2.24) is 0 Å². The number of aliphatic carboxylic acids is 1. The molecule has 0 fully saturated rings. The zero-order valence-corrected chi connectivity index (χ0v) is 9.40. The zero-order valence-electron chi connectivity index (χ0n) is 6.49. The Morgan fingerprint density at radius 2 is 1.75 bits per heavy atom. The first-order chi connectivity index (χ1) is 4.68. The Labute approximate surface area is 101 Å². The summed E-state index contributed by atoms with van der Waals surface area (Å²) in [6.45, 7) is 1.41. The van der Waals surface area contributed by atoms with Crippen LogP contribution < -0.4 is 23.9 Å². The standard InChI is InChI=1S/C3H4ClIO2.BH2O3.Li/c1-3(4,5)2(6)7;2-1(3)4;/h1H3,(H,6,7);2-3H;/q;-1;+1. The van der Waals surface area contributed by atoms with E-state index in [1.807, 2.05) is 0 Å². The first kappa shape index (κ1) is 18.7. The maximum Gasteiger partial charge on any atom is 1.00 e. The van der Waals surface area contributed by atoms with E-state index in [4.69, 9.17) is 31.8 Å². The molecule has 0 radical (unpaired) electrons. The van der Waals surface area contributed by atoms with Gasteiger partial charge in [0.1, 0.15) is 0 Å². The van der Waals surface area contributed by atoms with Crippen LogP contribution in [0.1, 0.15) is 6.92 Å². The fraction of sp³-hybridized carbons (Fsp3) is 0.667. The van der Waals surface area contributed by atoms with Crippen LogP contribution in [0, 0.1) is 0 Å². The molecule has 0 aliphatic carbocycles. The van der Waals surface area contributed by atoms with Crippen molar-refractivity contribution in [2.24, 2.45) is 0 Å². The number of carboxylic acid groups (broad SMARTS) is 1. The van der Waals surface area contributed by atoms with Crippen LogP contribution in [0.25, 0.3) is 0 Å². The van der Waals surface area contributed by atoms with Crippen molar-refractivity contribution in [3.63, 3.8) is 0 Å². The molecule has 9 heteroatoms. The van der Waals surface area contributed by atoms with Gasteiger partial charge in [-0.3, -0.25) is 0 Å². The van der Waals surface area contributed by atoms with Gasteiger partial charge in [0.25, 0.3) is 0 Å². The molecule has 0 saturated heterocycles. The van der Waals surface area contributed by atoms with Crippen LogP contribution in [0.3, 0.4) is 0 Å². The minimum absolute atomic E-state index is 0. The second-order valence-corrected chi connectivity index (χ2v) is 5.07. The van der Waals surface area contributed by atoms with Crippen LogP contribution in [0.2, 0.25) is 0 Å². The van der Waals surface area contributed by atoms with E-state index in [-0.39, 0.29) is 18.9 Å². The SMILES string of the molecule is CC(Cl)(I)C(=O)O.[Li+].[O-]B(O)O. The Morgan fingerprint density at radius 3 is 1.75 bits per heavy atom. The van der Waals surface area contributed by atoms with Gasteiger partial charge in [-0.15, -0.1) is 0 Å². The average molecular weight is 302 g/mol. The summed E-state index contributed by atoms with van der Waals surface area (Å²) in [4.78, 5) is 9.88. The van der Waals surface area contributed by atoms with Crippen molar-refractivity contribution < 1.29 is 43.8 Å². The monoisotopic (exact) mass is 302 g/mol. The largest absolute Gasteiger partial charge is 1.00 e. The summed E-state index contributed by atoms with van der Waals surface area (Å²) in [6.07, 6.45) is 0. The Hall–Kier alpha value is 1.03. The third-order valence-electron chi connectivity index (χ3n) is 0.376. The third-order valence-corrected chi connectivity index (χ3v) is 0.999. The maximum atomic E-state index is 9.88. The predicted octanol–water partition coefficient (Wildman–Crippen LogP) is -4.22. The van der Waals surface area contributed by atoms with Crippen molar-refractivity contribution in [1.29, 1.82) is 0 Å². The van der Waals surface area contributed by atoms with E-state index in [1.54, 1.807) is 22.6 Å². The average Bonchev–Trinajstić information content (AvgIpc) is 1.59. The summed E-state index contributed by atoms with van der Waals surface area (Å²) < 4.78 is -1.14. The topological polar surface area (TPSA) is 101 Å². The molecule has 0 rings (SSSR count). The molecule has 0 heterocycles. The van der Waals surface area contributed by atoms with Crippen LogP contribution >= 0.6 is 34.2 Å². The van der Waals surface area contributed by atoms with Gasteiger partial charge in [0.05, 0.1) is 0 Å². The minimum Gasteiger partial charge on any atom is -0.832 e. The van der Waals surface area contributed by atoms with E-state index in [9.17, 15) is 4.79 Å². The number of halogens is 2. The van der Waals surface area contributed by atoms with Gasteiger partial charge in [-0.2, -0.15) is 0 Å². The molecule has 12 heavy (non-hydrogen) atoms. The molecular weight excluding hydrogens is 296 g/mol. The molecule has 0 aliphatic rings. The van der Waals surface area contributed by atoms with Gasteiger partial charge in [0.15, 0.2) is 2.88 Å². The van der Waals surface area contributed by atoms with Crippen LogP contribution in [0.4, 0.5) is 0 Å². The fourth-order valence-electron chi connectivity index (χ4n) is 0. The van der Waals surface area contributed by atoms with Crippen LogP contribution in [0.5, 0.6) is 0 Å². The van der Waals surface area contributed by atoms with E-state index in [2.05, 4.69) is 0 Å². The van der Waals surface area contributed by atoms with E-state index in [0.29, 0.717) is 0 Å². The number of alkyl halides is 2. The van der Waals surface area contributed by atoms with Crippen molar-refractivity contribution in [2.45, 2.75) is 9.80 Å². The van der Waals surface area contributed by atoms with Gasteiger partial charge in [-0.05, 0) is 29.5 Å². The van der Waals surface area contributed by atoms with Crippen molar-refractivity contribution in [3.05, 3.63) is 0 Å². The van der Waals surface area contributed by atoms with Crippen LogP contribution in [0.15, 0.2) is 0 Å². The van der Waals surface area contributed by atoms with Crippen molar-refractivity contribution in [2.75, 3.05) is 0 Å². The molecule has 0 aromatic rings. The maximum absolute atomic E-state index is 9.88. The molecule has 0 aromatic carbocycles. The third kappa shape index (κ3) is 22.5. The van der Waals surface area contributed by atoms with Crippen LogP contribution in [-0.4, -0.2) is 31.3 Å². The fourth-order valence-corrected chi connectivity index (χ4v) is 0. The summed E-state index contributed by atoms with van der Waals surface area (Å²) in [5.41, 5.74) is 0. The van der Waals surface area contributed by atoms with E-state index >= 15 is 0 Å². The molecule has 0 amide bonds. The molecule has 1 unspecified atom stereocenters. The molecule has 0 saturated carbocycles. The Morgan fingerprint density at radius 1 is 1.67 bits per heavy atom. The molecular formula is C3H6BClILiO5. The molecule has 1 atom stereocenters. The normalized spacial score (nSPS) is 12.8. The molecule has 0 spiro atoms. The number of hydrogen-bond donors (Lipinski definition) is 3. The number of carboxylic acids is 1. The van der Waals surface area contributed by atoms with Gasteiger partial charge < -0.3 is 20.2 Å². The molecule has 66 valence electrons. The molecule has 3 N–H and O–H groups in total. The smallest absolute Gasteiger partial charge is 0.832 e. The van der Waals surface area contributed by atoms with Gasteiger partial charge in [-0.25, -0.2) is 4.79 Å². The Balaban J connectivity index is -0.000000142. The first-order valence-electron chi connectivity index (χ1n) is 2.31. The quantitative estimate of drug-likeness (QED) is 0.259. The summed E-state index contributed by atoms with van der Waals surface area (Å²) in [5, 5.41) is 30.9. The number of rotatable bonds is 1. The van der Waals surface area contributed by atoms with Gasteiger partial charge in [0.2, 0.25) is 0 Å². The first-order valence-corrected chi connectivity index (χ1v) is 3.76. The van der Waals surface area contributed by atoms with E-state index < -0.39 is 16.2 Å². The summed E-state index contributed by atoms with van der Waals surface area (Å²) >= 11 is 6.89. The van der Waals surface area contributed by atoms with Gasteiger partial charge in [-0.1, -0.05) is 11.6 Å². The van der Waals surface area contributed by atoms with Crippen molar-refractivity contribution >= 4 is 47.5 Å². The molecule has 5 nitrogen and oxygen atoms in total.